The maximum Gasteiger partial charge on any atom is 0.352 e. The number of amides is 1. The topological polar surface area (TPSA) is 80.6 Å². The molecule has 0 spiro atoms. The van der Waals surface area contributed by atoms with E-state index in [4.69, 9.17) is 9.84 Å². The molecule has 0 fully saturated rings. The Morgan fingerprint density at radius 1 is 1.56 bits per heavy atom. The highest BCUT2D eigenvalue weighted by Gasteiger charge is 2.13. The van der Waals surface area contributed by atoms with Crippen LogP contribution in [-0.2, 0) is 16.1 Å². The van der Waals surface area contributed by atoms with E-state index < -0.39 is 5.97 Å². The lowest BCUT2D eigenvalue weighted by molar-refractivity contribution is -0.122. The standard InChI is InChI=1S/C12H18N2O4/c1-3-18-8-9(2)13-11(15)7-14-6-4-5-10(14)12(16)17/h4-6,9H,3,7-8H2,1-2H3,(H,13,15)(H,16,17). The number of aromatic carboxylic acids is 1. The average Bonchev–Trinajstić information content (AvgIpc) is 2.74. The molecule has 6 nitrogen and oxygen atoms in total. The van der Waals surface area contributed by atoms with Crippen molar-refractivity contribution in [2.24, 2.45) is 0 Å². The second-order valence-electron chi connectivity index (χ2n) is 3.95. The van der Waals surface area contributed by atoms with Gasteiger partial charge >= 0.3 is 5.97 Å². The minimum atomic E-state index is -1.05. The summed E-state index contributed by atoms with van der Waals surface area (Å²) in [6, 6.07) is 2.96. The van der Waals surface area contributed by atoms with Gasteiger partial charge in [0.2, 0.25) is 5.91 Å². The van der Waals surface area contributed by atoms with Crippen molar-refractivity contribution in [3.63, 3.8) is 0 Å². The molecule has 1 aromatic rings. The van der Waals surface area contributed by atoms with Gasteiger partial charge in [0.25, 0.3) is 0 Å². The molecule has 0 bridgehead atoms. The molecular weight excluding hydrogens is 236 g/mol. The van der Waals surface area contributed by atoms with Crippen molar-refractivity contribution in [3.05, 3.63) is 24.0 Å². The van der Waals surface area contributed by atoms with Crippen LogP contribution in [0.5, 0.6) is 0 Å². The summed E-state index contributed by atoms with van der Waals surface area (Å²) in [5.74, 6) is -1.28. The number of carbonyl (C=O) groups excluding carboxylic acids is 1. The Hall–Kier alpha value is -1.82. The zero-order chi connectivity index (χ0) is 13.5. The summed E-state index contributed by atoms with van der Waals surface area (Å²) >= 11 is 0. The number of carboxylic acids is 1. The Kier molecular flexibility index (Phi) is 5.38. The molecule has 2 N–H and O–H groups in total. The molecule has 1 atom stereocenters. The Morgan fingerprint density at radius 3 is 2.89 bits per heavy atom. The molecule has 100 valence electrons. The Balaban J connectivity index is 2.49. The largest absolute Gasteiger partial charge is 0.477 e. The molecule has 0 saturated heterocycles. The molecule has 1 aromatic heterocycles. The lowest BCUT2D eigenvalue weighted by atomic mass is 10.3. The monoisotopic (exact) mass is 254 g/mol. The highest BCUT2D eigenvalue weighted by molar-refractivity contribution is 5.86. The van der Waals surface area contributed by atoms with Gasteiger partial charge in [-0.25, -0.2) is 4.79 Å². The fourth-order valence-corrected chi connectivity index (χ4v) is 1.56. The number of rotatable bonds is 7. The van der Waals surface area contributed by atoms with Crippen LogP contribution in [0.2, 0.25) is 0 Å². The number of nitrogens with one attached hydrogen (secondary N) is 1. The van der Waals surface area contributed by atoms with Crippen LogP contribution < -0.4 is 5.32 Å². The minimum absolute atomic E-state index is 0.00883. The maximum atomic E-state index is 11.7. The van der Waals surface area contributed by atoms with Crippen LogP contribution in [0, 0.1) is 0 Å². The minimum Gasteiger partial charge on any atom is -0.477 e. The van der Waals surface area contributed by atoms with E-state index in [9.17, 15) is 9.59 Å². The van der Waals surface area contributed by atoms with Gasteiger partial charge in [-0.15, -0.1) is 0 Å². The molecule has 1 unspecified atom stereocenters. The first-order valence-corrected chi connectivity index (χ1v) is 5.80. The smallest absolute Gasteiger partial charge is 0.352 e. The molecule has 1 heterocycles. The lowest BCUT2D eigenvalue weighted by Gasteiger charge is -2.14. The summed E-state index contributed by atoms with van der Waals surface area (Å²) in [7, 11) is 0. The third kappa shape index (κ3) is 4.21. The summed E-state index contributed by atoms with van der Waals surface area (Å²) in [6.45, 7) is 4.75. The molecule has 18 heavy (non-hydrogen) atoms. The van der Waals surface area contributed by atoms with E-state index in [1.165, 1.54) is 10.6 Å². The number of hydrogen-bond donors (Lipinski definition) is 2. The van der Waals surface area contributed by atoms with Crippen LogP contribution >= 0.6 is 0 Å². The van der Waals surface area contributed by atoms with Crippen LogP contribution in [0.3, 0.4) is 0 Å². The molecule has 6 heteroatoms. The lowest BCUT2D eigenvalue weighted by Crippen LogP contribution is -2.38. The predicted molar refractivity (Wildman–Crippen MR) is 65.5 cm³/mol. The molecule has 0 aliphatic rings. The quantitative estimate of drug-likeness (QED) is 0.751. The number of ether oxygens (including phenoxy) is 1. The van der Waals surface area contributed by atoms with Crippen LogP contribution in [-0.4, -0.2) is 40.8 Å². The van der Waals surface area contributed by atoms with E-state index in [0.29, 0.717) is 13.2 Å². The summed E-state index contributed by atoms with van der Waals surface area (Å²) in [4.78, 5) is 22.5. The summed E-state index contributed by atoms with van der Waals surface area (Å²) in [5, 5.41) is 11.6. The van der Waals surface area contributed by atoms with Crippen molar-refractivity contribution in [2.75, 3.05) is 13.2 Å². The zero-order valence-electron chi connectivity index (χ0n) is 10.5. The van der Waals surface area contributed by atoms with Gasteiger partial charge in [0.05, 0.1) is 6.61 Å². The highest BCUT2D eigenvalue weighted by Crippen LogP contribution is 2.02. The number of nitrogens with zero attached hydrogens (tertiary/aromatic N) is 1. The van der Waals surface area contributed by atoms with Crippen molar-refractivity contribution in [1.29, 1.82) is 0 Å². The second-order valence-corrected chi connectivity index (χ2v) is 3.95. The highest BCUT2D eigenvalue weighted by atomic mass is 16.5. The number of carbonyl (C=O) groups is 2. The van der Waals surface area contributed by atoms with Gasteiger partial charge in [0.15, 0.2) is 0 Å². The predicted octanol–water partition coefficient (Wildman–Crippen LogP) is 0.727. The van der Waals surface area contributed by atoms with Crippen LogP contribution in [0.25, 0.3) is 0 Å². The number of carboxylic acid groups (broad SMARTS) is 1. The van der Waals surface area contributed by atoms with Crippen molar-refractivity contribution in [3.8, 4) is 0 Å². The molecule has 0 saturated carbocycles. The Morgan fingerprint density at radius 2 is 2.28 bits per heavy atom. The van der Waals surface area contributed by atoms with E-state index in [2.05, 4.69) is 5.32 Å². The summed E-state index contributed by atoms with van der Waals surface area (Å²) < 4.78 is 6.57. The second kappa shape index (κ2) is 6.80. The third-order valence-corrected chi connectivity index (χ3v) is 2.34. The first kappa shape index (κ1) is 14.2. The van der Waals surface area contributed by atoms with Crippen molar-refractivity contribution < 1.29 is 19.4 Å². The van der Waals surface area contributed by atoms with Crippen LogP contribution in [0.15, 0.2) is 18.3 Å². The molecule has 1 rings (SSSR count). The normalized spacial score (nSPS) is 12.1. The summed E-state index contributed by atoms with van der Waals surface area (Å²) in [5.41, 5.74) is 0.0996. The molecule has 0 aromatic carbocycles. The van der Waals surface area contributed by atoms with Gasteiger partial charge < -0.3 is 19.7 Å². The maximum absolute atomic E-state index is 11.7. The SMILES string of the molecule is CCOCC(C)NC(=O)Cn1cccc1C(=O)O. The number of aromatic nitrogens is 1. The summed E-state index contributed by atoms with van der Waals surface area (Å²) in [6.07, 6.45) is 1.57. The van der Waals surface area contributed by atoms with Gasteiger partial charge in [-0.1, -0.05) is 0 Å². The first-order valence-electron chi connectivity index (χ1n) is 5.80. The van der Waals surface area contributed by atoms with Gasteiger partial charge in [0, 0.05) is 18.8 Å². The molecule has 0 radical (unpaired) electrons. The van der Waals surface area contributed by atoms with Crippen molar-refractivity contribution in [2.45, 2.75) is 26.4 Å². The zero-order valence-corrected chi connectivity index (χ0v) is 10.5. The fourth-order valence-electron chi connectivity index (χ4n) is 1.56. The Labute approximate surface area is 106 Å². The van der Waals surface area contributed by atoms with Crippen LogP contribution in [0.4, 0.5) is 0 Å². The van der Waals surface area contributed by atoms with Crippen LogP contribution in [0.1, 0.15) is 24.3 Å². The van der Waals surface area contributed by atoms with Crippen molar-refractivity contribution >= 4 is 11.9 Å². The Bertz CT molecular complexity index is 414. The molecular formula is C12H18N2O4. The van der Waals surface area contributed by atoms with E-state index in [1.807, 2.05) is 13.8 Å². The average molecular weight is 254 g/mol. The van der Waals surface area contributed by atoms with Gasteiger partial charge in [-0.3, -0.25) is 4.79 Å². The van der Waals surface area contributed by atoms with E-state index >= 15 is 0 Å². The van der Waals surface area contributed by atoms with Crippen molar-refractivity contribution in [1.82, 2.24) is 9.88 Å². The first-order chi connectivity index (χ1) is 8.54. The van der Waals surface area contributed by atoms with Gasteiger partial charge in [0.1, 0.15) is 12.2 Å². The van der Waals surface area contributed by atoms with Gasteiger partial charge in [-0.2, -0.15) is 0 Å². The van der Waals surface area contributed by atoms with E-state index in [0.717, 1.165) is 0 Å². The fraction of sp³-hybridized carbons (Fsp3) is 0.500. The molecule has 1 amide bonds. The molecule has 0 aliphatic carbocycles. The number of hydrogen-bond acceptors (Lipinski definition) is 3. The van der Waals surface area contributed by atoms with Gasteiger partial charge in [-0.05, 0) is 26.0 Å². The third-order valence-electron chi connectivity index (χ3n) is 2.34. The van der Waals surface area contributed by atoms with E-state index in [1.54, 1.807) is 12.3 Å². The molecule has 0 aliphatic heterocycles. The van der Waals surface area contributed by atoms with E-state index in [-0.39, 0.29) is 24.2 Å².